The van der Waals surface area contributed by atoms with Gasteiger partial charge in [0.2, 0.25) is 12.0 Å². The van der Waals surface area contributed by atoms with Crippen LogP contribution < -0.4 is 36.0 Å². The first kappa shape index (κ1) is 44.5. The molecule has 2 fully saturated rings. The van der Waals surface area contributed by atoms with E-state index in [0.717, 1.165) is 24.1 Å². The fraction of sp³-hybridized carbons (Fsp3) is 0.404. The van der Waals surface area contributed by atoms with E-state index in [-0.39, 0.29) is 34.8 Å². The predicted molar refractivity (Wildman–Crippen MR) is 234 cm³/mol. The Labute approximate surface area is 368 Å². The van der Waals surface area contributed by atoms with Crippen molar-refractivity contribution in [3.05, 3.63) is 105 Å². The molecular weight excluding hydrogens is 829 g/mol. The van der Waals surface area contributed by atoms with Crippen LogP contribution in [0, 0.1) is 5.92 Å². The Hall–Kier alpha value is -6.08. The van der Waals surface area contributed by atoms with E-state index in [2.05, 4.69) is 15.6 Å². The number of carboxylic acids is 1. The molecule has 7 atom stereocenters. The number of nitrogen functional groups attached to an aromatic ring is 1. The number of carboxylic acid groups (broad SMARTS) is 1. The highest BCUT2D eigenvalue weighted by atomic mass is 16.7. The molecule has 64 heavy (non-hydrogen) atoms. The van der Waals surface area contributed by atoms with E-state index in [1.807, 2.05) is 19.9 Å². The topological polar surface area (TPSA) is 271 Å². The summed E-state index contributed by atoms with van der Waals surface area (Å²) in [6.45, 7) is 4.78. The van der Waals surface area contributed by atoms with Crippen molar-refractivity contribution in [3.63, 3.8) is 0 Å². The number of unbranched alkanes of at least 4 members (excludes halogenated alkanes) is 2. The molecule has 0 saturated carbocycles. The lowest BCUT2D eigenvalue weighted by molar-refractivity contribution is -0.344. The number of hydrogen-bond acceptors (Lipinski definition) is 15. The number of H-pyrrole nitrogens is 1. The number of aromatic amines is 1. The van der Waals surface area contributed by atoms with E-state index < -0.39 is 64.6 Å². The van der Waals surface area contributed by atoms with Crippen LogP contribution in [0.5, 0.6) is 28.7 Å². The highest BCUT2D eigenvalue weighted by molar-refractivity contribution is 5.89. The number of anilines is 1. The smallest absolute Gasteiger partial charge is 0.336 e. The molecule has 2 aliphatic heterocycles. The predicted octanol–water partition coefficient (Wildman–Crippen LogP) is 4.21. The molecular formula is C47H54N4O13. The van der Waals surface area contributed by atoms with Gasteiger partial charge in [0.15, 0.2) is 28.6 Å². The Morgan fingerprint density at radius 3 is 2.44 bits per heavy atom. The normalized spacial score (nSPS) is 25.3. The van der Waals surface area contributed by atoms with E-state index in [1.54, 1.807) is 42.5 Å². The van der Waals surface area contributed by atoms with Gasteiger partial charge in [0.05, 0.1) is 6.61 Å². The molecule has 7 unspecified atom stereocenters. The maximum atomic E-state index is 13.9. The molecule has 11 N–H and O–H groups in total. The first-order valence-corrected chi connectivity index (χ1v) is 21.5. The lowest BCUT2D eigenvalue weighted by atomic mass is 9.59. The molecule has 17 nitrogen and oxygen atoms in total. The summed E-state index contributed by atoms with van der Waals surface area (Å²) in [5.41, 5.74) is 3.09. The van der Waals surface area contributed by atoms with Gasteiger partial charge in [0.1, 0.15) is 52.4 Å². The van der Waals surface area contributed by atoms with E-state index in [1.165, 1.54) is 24.3 Å². The summed E-state index contributed by atoms with van der Waals surface area (Å²) in [4.78, 5) is 30.0. The van der Waals surface area contributed by atoms with Crippen molar-refractivity contribution in [2.24, 2.45) is 5.92 Å². The summed E-state index contributed by atoms with van der Waals surface area (Å²) < 4.78 is 30.6. The number of hydrogen-bond donors (Lipinski definition) is 10. The zero-order chi connectivity index (χ0) is 45.3. The zero-order valence-electron chi connectivity index (χ0n) is 35.5. The lowest BCUT2D eigenvalue weighted by Gasteiger charge is -2.58. The molecule has 0 amide bonds. The van der Waals surface area contributed by atoms with Crippen LogP contribution in [-0.2, 0) is 29.0 Å². The lowest BCUT2D eigenvalue weighted by Crippen LogP contribution is -2.79. The van der Waals surface area contributed by atoms with E-state index in [0.29, 0.717) is 73.8 Å². The van der Waals surface area contributed by atoms with Crippen molar-refractivity contribution >= 4 is 22.8 Å². The molecule has 2 bridgehead atoms. The van der Waals surface area contributed by atoms with Gasteiger partial charge in [-0.25, -0.2) is 4.79 Å². The number of benzene rings is 3. The van der Waals surface area contributed by atoms with Gasteiger partial charge in [-0.3, -0.25) is 10.1 Å². The first-order chi connectivity index (χ1) is 30.7. The molecule has 2 aromatic heterocycles. The van der Waals surface area contributed by atoms with Crippen LogP contribution in [0.2, 0.25) is 0 Å². The van der Waals surface area contributed by atoms with Crippen molar-refractivity contribution in [2.75, 3.05) is 25.6 Å². The number of phenols is 2. The molecule has 0 radical (unpaired) electrons. The third-order valence-corrected chi connectivity index (χ3v) is 12.3. The summed E-state index contributed by atoms with van der Waals surface area (Å²) in [5.74, 6) is -2.85. The van der Waals surface area contributed by atoms with Crippen LogP contribution in [-0.4, -0.2) is 97.2 Å². The summed E-state index contributed by atoms with van der Waals surface area (Å²) in [7, 11) is 0. The second-order valence-corrected chi connectivity index (χ2v) is 16.7. The van der Waals surface area contributed by atoms with Gasteiger partial charge in [0.25, 0.3) is 0 Å². The van der Waals surface area contributed by atoms with Gasteiger partial charge < -0.3 is 70.0 Å². The number of aliphatic hydroxyl groups excluding tert-OH is 1. The van der Waals surface area contributed by atoms with Gasteiger partial charge in [-0.05, 0) is 85.0 Å². The van der Waals surface area contributed by atoms with Gasteiger partial charge in [-0.1, -0.05) is 38.3 Å². The highest BCUT2D eigenvalue weighted by Gasteiger charge is 2.71. The van der Waals surface area contributed by atoms with Crippen LogP contribution in [0.4, 0.5) is 5.82 Å². The number of carbonyl (C=O) groups is 1. The monoisotopic (exact) mass is 882 g/mol. The van der Waals surface area contributed by atoms with Gasteiger partial charge >= 0.3 is 5.97 Å². The molecule has 8 rings (SSSR count). The Morgan fingerprint density at radius 2 is 1.75 bits per heavy atom. The summed E-state index contributed by atoms with van der Waals surface area (Å²) in [5, 5.41) is 76.0. The van der Waals surface area contributed by atoms with E-state index in [4.69, 9.17) is 29.1 Å². The van der Waals surface area contributed by atoms with Gasteiger partial charge in [0, 0.05) is 55.0 Å². The van der Waals surface area contributed by atoms with Crippen LogP contribution in [0.3, 0.4) is 0 Å². The number of aromatic nitrogens is 1. The summed E-state index contributed by atoms with van der Waals surface area (Å²) in [6.07, 6.45) is -1.02. The molecule has 3 aliphatic rings. The maximum absolute atomic E-state index is 13.9. The number of aromatic hydroxyl groups is 2. The second-order valence-electron chi connectivity index (χ2n) is 16.7. The van der Waals surface area contributed by atoms with Crippen molar-refractivity contribution in [3.8, 4) is 40.1 Å². The minimum absolute atomic E-state index is 0.0214. The Balaban J connectivity index is 1.19. The molecule has 5 aromatic rings. The second kappa shape index (κ2) is 18.2. The van der Waals surface area contributed by atoms with E-state index in [9.17, 15) is 40.2 Å². The van der Waals surface area contributed by atoms with Crippen molar-refractivity contribution in [1.82, 2.24) is 15.6 Å². The fourth-order valence-electron chi connectivity index (χ4n) is 9.18. The number of aliphatic carboxylic acids is 1. The number of rotatable bonds is 17. The number of nitrogens with one attached hydrogen (secondary N) is 3. The molecule has 1 aliphatic carbocycles. The third kappa shape index (κ3) is 8.49. The molecule has 340 valence electrons. The minimum atomic E-state index is -2.55. The molecule has 3 aromatic carbocycles. The molecule has 17 heteroatoms. The Bertz CT molecular complexity index is 2590. The number of nitrogens with two attached hydrogens (primary N) is 1. The van der Waals surface area contributed by atoms with Crippen LogP contribution in [0.1, 0.15) is 56.4 Å². The Kier molecular flexibility index (Phi) is 12.7. The molecule has 2 saturated heterocycles. The summed E-state index contributed by atoms with van der Waals surface area (Å²) >= 11 is 0. The number of ether oxygens (including phenoxy) is 4. The van der Waals surface area contributed by atoms with Crippen LogP contribution in [0.25, 0.3) is 22.3 Å². The minimum Gasteiger partial charge on any atom is -0.508 e. The average molecular weight is 883 g/mol. The molecule has 4 heterocycles. The zero-order valence-corrected chi connectivity index (χ0v) is 35.5. The Morgan fingerprint density at radius 1 is 0.969 bits per heavy atom. The standard InChI is InChI=1S/C47H54N4O13/c1-3-5-6-7-28-21-46(58)44(57)47(59,39(28)32-22-49-24-50-32)42(43(55)56)64-45(46)63-36-20-35-38(40(54)41(36)61-23-26-16-25(4-2)17-30(52)18-26)33(53)19-34(62-35)27-8-11-31(12-9-27)60-15-14-29-10-13-37(48)51-29/h8-13,16-21,32,39,42,44-45,49-52,54,57-59H,3-7,14-15,22-24,48H2,1-2H3,(H,55,56). The van der Waals surface area contributed by atoms with Crippen molar-refractivity contribution in [2.45, 2.75) is 94.7 Å². The number of fused-ring (bicyclic) bond motifs is 3. The van der Waals surface area contributed by atoms with E-state index >= 15 is 0 Å². The van der Waals surface area contributed by atoms with Crippen molar-refractivity contribution in [1.29, 1.82) is 0 Å². The van der Waals surface area contributed by atoms with Gasteiger partial charge in [-0.15, -0.1) is 0 Å². The third-order valence-electron chi connectivity index (χ3n) is 12.3. The van der Waals surface area contributed by atoms with Crippen LogP contribution in [0.15, 0.2) is 87.6 Å². The number of aryl methyl sites for hydroxylation is 1. The summed E-state index contributed by atoms with van der Waals surface area (Å²) in [6, 6.07) is 17.2. The largest absolute Gasteiger partial charge is 0.508 e. The van der Waals surface area contributed by atoms with Crippen LogP contribution >= 0.6 is 0 Å². The van der Waals surface area contributed by atoms with Gasteiger partial charge in [-0.2, -0.15) is 0 Å². The SMILES string of the molecule is CCCCCC1=CC2(O)C(Oc3cc4oc(-c5ccc(OCCc6ccc(N)[nH]6)cc5)cc(=O)c4c(O)c3OCc3cc(O)cc(CC)c3)OC(C(=O)O)C(O)(C1C1CNCN1)C2O. The maximum Gasteiger partial charge on any atom is 0.336 e. The first-order valence-electron chi connectivity index (χ1n) is 21.5. The quantitative estimate of drug-likeness (QED) is 0.0463. The molecule has 0 spiro atoms. The fourth-order valence-corrected chi connectivity index (χ4v) is 9.18. The van der Waals surface area contributed by atoms with Crippen molar-refractivity contribution < 1.29 is 58.8 Å². The highest BCUT2D eigenvalue weighted by Crippen LogP contribution is 2.52. The number of aliphatic hydroxyl groups is 3. The number of phenolic OH excluding ortho intramolecular Hbond substituents is 2. The average Bonchev–Trinajstić information content (AvgIpc) is 3.95.